The Morgan fingerprint density at radius 2 is 1.55 bits per heavy atom. The maximum absolute atomic E-state index is 12.0. The third-order valence-electron chi connectivity index (χ3n) is 8.30. The highest BCUT2D eigenvalue weighted by molar-refractivity contribution is 5.80. The third-order valence-corrected chi connectivity index (χ3v) is 8.30. The van der Waals surface area contributed by atoms with E-state index in [0.717, 1.165) is 49.7 Å². The fourth-order valence-electron chi connectivity index (χ4n) is 5.65. The number of carbonyl (C=O) groups excluding carboxylic acids is 1. The van der Waals surface area contributed by atoms with E-state index in [1.165, 1.54) is 0 Å². The lowest BCUT2D eigenvalue weighted by atomic mass is 9.71. The van der Waals surface area contributed by atoms with Crippen molar-refractivity contribution in [3.8, 4) is 0 Å². The lowest BCUT2D eigenvalue weighted by molar-refractivity contribution is -0.333. The number of hydrogen-bond donors (Lipinski definition) is 2. The minimum Gasteiger partial charge on any atom is -0.480 e. The first-order valence-corrected chi connectivity index (χ1v) is 14.7. The average Bonchev–Trinajstić information content (AvgIpc) is 2.91. The Labute approximate surface area is 240 Å². The van der Waals surface area contributed by atoms with Crippen molar-refractivity contribution in [1.82, 2.24) is 10.4 Å². The van der Waals surface area contributed by atoms with E-state index >= 15 is 0 Å². The minimum absolute atomic E-state index is 0.0962. The maximum atomic E-state index is 12.0. The molecule has 1 saturated heterocycles. The molecule has 40 heavy (non-hydrogen) atoms. The predicted octanol–water partition coefficient (Wildman–Crippen LogP) is 6.40. The van der Waals surface area contributed by atoms with Crippen LogP contribution in [-0.4, -0.2) is 64.8 Å². The van der Waals surface area contributed by atoms with Crippen molar-refractivity contribution in [2.45, 2.75) is 135 Å². The monoisotopic (exact) mass is 564 g/mol. The van der Waals surface area contributed by atoms with Gasteiger partial charge < -0.3 is 24.6 Å². The van der Waals surface area contributed by atoms with E-state index in [9.17, 15) is 14.7 Å². The first kappa shape index (κ1) is 34.0. The van der Waals surface area contributed by atoms with Gasteiger partial charge in [-0.1, -0.05) is 52.0 Å². The van der Waals surface area contributed by atoms with Gasteiger partial charge in [0.15, 0.2) is 6.04 Å². The van der Waals surface area contributed by atoms with Gasteiger partial charge in [0.05, 0.1) is 19.3 Å². The molecule has 0 saturated carbocycles. The fourth-order valence-corrected chi connectivity index (χ4v) is 5.65. The number of alkyl carbamates (subject to hydrolysis) is 1. The number of ether oxygens (including phenoxy) is 3. The number of piperidine rings is 1. The largest absolute Gasteiger partial charge is 0.480 e. The van der Waals surface area contributed by atoms with E-state index in [1.807, 2.05) is 31.4 Å². The summed E-state index contributed by atoms with van der Waals surface area (Å²) in [6.07, 6.45) is 5.08. The van der Waals surface area contributed by atoms with E-state index in [0.29, 0.717) is 0 Å². The molecular weight excluding hydrogens is 512 g/mol. The van der Waals surface area contributed by atoms with Crippen molar-refractivity contribution in [3.05, 3.63) is 35.4 Å². The molecule has 2 N–H and O–H groups in total. The van der Waals surface area contributed by atoms with Gasteiger partial charge in [-0.2, -0.15) is 5.06 Å². The number of benzene rings is 1. The summed E-state index contributed by atoms with van der Waals surface area (Å²) in [4.78, 5) is 30.4. The van der Waals surface area contributed by atoms with Crippen LogP contribution in [0.5, 0.6) is 0 Å². The summed E-state index contributed by atoms with van der Waals surface area (Å²) in [5, 5.41) is 14.1. The highest BCUT2D eigenvalue weighted by atomic mass is 16.7. The summed E-state index contributed by atoms with van der Waals surface area (Å²) in [7, 11) is 1.82. The van der Waals surface area contributed by atoms with Crippen LogP contribution in [0.2, 0.25) is 0 Å². The molecule has 9 nitrogen and oxygen atoms in total. The number of methoxy groups -OCH3 is 1. The molecule has 1 heterocycles. The van der Waals surface area contributed by atoms with Crippen LogP contribution in [0.25, 0.3) is 0 Å². The van der Waals surface area contributed by atoms with Gasteiger partial charge in [0, 0.05) is 18.2 Å². The number of nitrogens with zero attached hydrogens (tertiary/aromatic N) is 1. The van der Waals surface area contributed by atoms with Crippen LogP contribution in [0.1, 0.15) is 111 Å². The van der Waals surface area contributed by atoms with Gasteiger partial charge >= 0.3 is 12.1 Å². The molecule has 228 valence electrons. The Kier molecular flexibility index (Phi) is 12.4. The third kappa shape index (κ3) is 8.65. The molecule has 1 aliphatic heterocycles. The zero-order chi connectivity index (χ0) is 30.1. The van der Waals surface area contributed by atoms with Crippen molar-refractivity contribution in [1.29, 1.82) is 0 Å². The number of carboxylic acid groups (broad SMARTS) is 1. The Bertz CT molecular complexity index is 914. The number of amides is 1. The SMILES string of the molecule is CCC1(CC)CC(OC)CC(CC)(CC)N1OC(C)c1ccc(COC[C@H](NC(=O)OC(C)(C)C)C(=O)O)cc1. The van der Waals surface area contributed by atoms with Crippen LogP contribution in [-0.2, 0) is 30.4 Å². The van der Waals surface area contributed by atoms with Gasteiger partial charge in [0.1, 0.15) is 11.7 Å². The second kappa shape index (κ2) is 14.6. The first-order chi connectivity index (χ1) is 18.8. The van der Waals surface area contributed by atoms with Gasteiger partial charge in [0.2, 0.25) is 0 Å². The molecule has 2 atom stereocenters. The van der Waals surface area contributed by atoms with E-state index in [-0.39, 0.29) is 36.5 Å². The summed E-state index contributed by atoms with van der Waals surface area (Å²) >= 11 is 0. The Balaban J connectivity index is 2.07. The molecule has 1 aromatic carbocycles. The number of hydrogen-bond acceptors (Lipinski definition) is 7. The normalized spacial score (nSPS) is 19.1. The Morgan fingerprint density at radius 3 is 1.98 bits per heavy atom. The average molecular weight is 565 g/mol. The number of rotatable bonds is 14. The zero-order valence-electron chi connectivity index (χ0n) is 26.0. The molecule has 0 aliphatic carbocycles. The van der Waals surface area contributed by atoms with Crippen LogP contribution in [0, 0.1) is 0 Å². The zero-order valence-corrected chi connectivity index (χ0v) is 26.0. The van der Waals surface area contributed by atoms with Crippen LogP contribution in [0.15, 0.2) is 24.3 Å². The van der Waals surface area contributed by atoms with Crippen molar-refractivity contribution in [2.75, 3.05) is 13.7 Å². The van der Waals surface area contributed by atoms with E-state index in [4.69, 9.17) is 19.0 Å². The quantitative estimate of drug-likeness (QED) is 0.267. The molecule has 0 radical (unpaired) electrons. The van der Waals surface area contributed by atoms with Gasteiger partial charge in [-0.25, -0.2) is 9.59 Å². The Morgan fingerprint density at radius 1 is 1.02 bits per heavy atom. The molecule has 1 aromatic rings. The molecule has 1 aliphatic rings. The second-order valence-electron chi connectivity index (χ2n) is 12.0. The van der Waals surface area contributed by atoms with Crippen LogP contribution in [0.4, 0.5) is 4.79 Å². The molecule has 2 rings (SSSR count). The number of carbonyl (C=O) groups is 2. The lowest BCUT2D eigenvalue weighted by Crippen LogP contribution is -2.66. The number of hydroxylamine groups is 2. The van der Waals surface area contributed by atoms with Crippen molar-refractivity contribution in [3.63, 3.8) is 0 Å². The second-order valence-corrected chi connectivity index (χ2v) is 12.0. The molecule has 1 fully saturated rings. The highest BCUT2D eigenvalue weighted by Crippen LogP contribution is 2.48. The molecule has 0 aromatic heterocycles. The van der Waals surface area contributed by atoms with Gasteiger partial charge in [0.25, 0.3) is 0 Å². The molecule has 1 unspecified atom stereocenters. The number of carboxylic acids is 1. The summed E-state index contributed by atoms with van der Waals surface area (Å²) in [6.45, 7) is 16.2. The van der Waals surface area contributed by atoms with Crippen molar-refractivity contribution in [2.24, 2.45) is 0 Å². The fraction of sp³-hybridized carbons (Fsp3) is 0.742. The van der Waals surface area contributed by atoms with Crippen LogP contribution >= 0.6 is 0 Å². The Hall–Kier alpha value is -2.20. The summed E-state index contributed by atoms with van der Waals surface area (Å²) in [5.74, 6) is -1.19. The first-order valence-electron chi connectivity index (χ1n) is 14.7. The van der Waals surface area contributed by atoms with Gasteiger partial charge in [-0.05, 0) is 77.3 Å². The lowest BCUT2D eigenvalue weighted by Gasteiger charge is -2.58. The smallest absolute Gasteiger partial charge is 0.408 e. The molecule has 9 heteroatoms. The van der Waals surface area contributed by atoms with Crippen molar-refractivity contribution >= 4 is 12.1 Å². The van der Waals surface area contributed by atoms with Gasteiger partial charge in [-0.3, -0.25) is 4.84 Å². The standard InChI is InChI=1S/C31H52N2O7/c1-10-30(11-2)18-25(37-9)19-31(12-3,13-4)33(30)40-22(5)24-16-14-23(15-17-24)20-38-21-26(27(34)35)32-28(36)39-29(6,7)8/h14-17,22,25-26H,10-13,18-21H2,1-9H3,(H,32,36)(H,34,35)/t22?,26-/m0/s1. The van der Waals surface area contributed by atoms with Crippen molar-refractivity contribution < 1.29 is 33.7 Å². The molecule has 1 amide bonds. The maximum Gasteiger partial charge on any atom is 0.408 e. The molecule has 0 bridgehead atoms. The van der Waals surface area contributed by atoms with E-state index in [2.05, 4.69) is 45.0 Å². The van der Waals surface area contributed by atoms with E-state index in [1.54, 1.807) is 20.8 Å². The van der Waals surface area contributed by atoms with E-state index < -0.39 is 23.7 Å². The molecule has 0 spiro atoms. The van der Waals surface area contributed by atoms with Gasteiger partial charge in [-0.15, -0.1) is 0 Å². The minimum atomic E-state index is -1.21. The summed E-state index contributed by atoms with van der Waals surface area (Å²) in [5.41, 5.74) is 1.03. The predicted molar refractivity (Wildman–Crippen MR) is 155 cm³/mol. The number of aliphatic carboxylic acids is 1. The summed E-state index contributed by atoms with van der Waals surface area (Å²) < 4.78 is 16.7. The van der Waals surface area contributed by atoms with Crippen LogP contribution in [0.3, 0.4) is 0 Å². The summed E-state index contributed by atoms with van der Waals surface area (Å²) in [6, 6.07) is 6.77. The molecular formula is C31H52N2O7. The highest BCUT2D eigenvalue weighted by Gasteiger charge is 2.53. The number of nitrogens with one attached hydrogen (secondary N) is 1. The van der Waals surface area contributed by atoms with Crippen LogP contribution < -0.4 is 5.32 Å². The topological polar surface area (TPSA) is 107 Å².